The quantitative estimate of drug-likeness (QED) is 0.873. The molecule has 1 saturated carbocycles. The number of aromatic nitrogens is 3. The Morgan fingerprint density at radius 2 is 2.28 bits per heavy atom. The maximum absolute atomic E-state index is 10.9. The van der Waals surface area contributed by atoms with Crippen LogP contribution in [0.15, 0.2) is 18.2 Å². The van der Waals surface area contributed by atoms with Gasteiger partial charge >= 0.3 is 5.97 Å². The molecule has 0 amide bonds. The average molecular weight is 245 g/mol. The van der Waals surface area contributed by atoms with Crippen LogP contribution < -0.4 is 0 Å². The van der Waals surface area contributed by atoms with Crippen LogP contribution in [0, 0.1) is 5.92 Å². The molecule has 0 radical (unpaired) electrons. The SMILES string of the molecule is O=C(O)Cc1cccc2nnn(CCC3CC3)c12. The summed E-state index contributed by atoms with van der Waals surface area (Å²) in [6.45, 7) is 0.831. The standard InChI is InChI=1S/C13H15N3O2/c17-12(18)8-10-2-1-3-11-13(10)16(15-14-11)7-6-9-4-5-9/h1-3,9H,4-8H2,(H,17,18). The van der Waals surface area contributed by atoms with Gasteiger partial charge in [-0.1, -0.05) is 30.2 Å². The van der Waals surface area contributed by atoms with Crippen LogP contribution in [0.4, 0.5) is 0 Å². The minimum atomic E-state index is -0.822. The zero-order chi connectivity index (χ0) is 12.5. The third-order valence-electron chi connectivity index (χ3n) is 3.40. The topological polar surface area (TPSA) is 68.0 Å². The number of rotatable bonds is 5. The molecule has 2 aromatic rings. The Bertz CT molecular complexity index is 587. The fraction of sp³-hybridized carbons (Fsp3) is 0.462. The molecular weight excluding hydrogens is 230 g/mol. The molecule has 5 nitrogen and oxygen atoms in total. The number of aliphatic carboxylic acids is 1. The number of carboxylic acid groups (broad SMARTS) is 1. The predicted octanol–water partition coefficient (Wildman–Crippen LogP) is 1.86. The van der Waals surface area contributed by atoms with Crippen molar-refractivity contribution in [2.75, 3.05) is 0 Å². The van der Waals surface area contributed by atoms with E-state index < -0.39 is 5.97 Å². The number of hydrogen-bond donors (Lipinski definition) is 1. The van der Waals surface area contributed by atoms with E-state index in [9.17, 15) is 4.79 Å². The van der Waals surface area contributed by atoms with E-state index in [2.05, 4.69) is 10.3 Å². The fourth-order valence-corrected chi connectivity index (χ4v) is 2.28. The lowest BCUT2D eigenvalue weighted by atomic mass is 10.1. The Labute approximate surface area is 104 Å². The fourth-order valence-electron chi connectivity index (χ4n) is 2.28. The summed E-state index contributed by atoms with van der Waals surface area (Å²) in [7, 11) is 0. The largest absolute Gasteiger partial charge is 0.481 e. The molecule has 18 heavy (non-hydrogen) atoms. The molecule has 94 valence electrons. The molecule has 1 fully saturated rings. The second-order valence-electron chi connectivity index (χ2n) is 4.90. The van der Waals surface area contributed by atoms with E-state index in [1.54, 1.807) is 0 Å². The third-order valence-corrected chi connectivity index (χ3v) is 3.40. The van der Waals surface area contributed by atoms with Gasteiger partial charge in [-0.25, -0.2) is 4.68 Å². The molecule has 1 heterocycles. The maximum Gasteiger partial charge on any atom is 0.307 e. The minimum absolute atomic E-state index is 0.0220. The molecule has 0 bridgehead atoms. The Balaban J connectivity index is 1.94. The molecule has 0 aliphatic heterocycles. The van der Waals surface area contributed by atoms with Gasteiger partial charge in [0, 0.05) is 6.54 Å². The molecule has 1 aliphatic rings. The maximum atomic E-state index is 10.9. The predicted molar refractivity (Wildman–Crippen MR) is 66.2 cm³/mol. The lowest BCUT2D eigenvalue weighted by Crippen LogP contribution is -2.06. The number of nitrogens with zero attached hydrogens (tertiary/aromatic N) is 3. The highest BCUT2D eigenvalue weighted by molar-refractivity contribution is 5.83. The highest BCUT2D eigenvalue weighted by atomic mass is 16.4. The molecular formula is C13H15N3O2. The normalized spacial score (nSPS) is 15.1. The second kappa shape index (κ2) is 4.40. The Hall–Kier alpha value is -1.91. The summed E-state index contributed by atoms with van der Waals surface area (Å²) in [5, 5.41) is 17.2. The van der Waals surface area contributed by atoms with Crippen LogP contribution in [0.5, 0.6) is 0 Å². The van der Waals surface area contributed by atoms with Crippen LogP contribution in [0.25, 0.3) is 11.0 Å². The average Bonchev–Trinajstić information content (AvgIpc) is 3.06. The van der Waals surface area contributed by atoms with Crippen LogP contribution in [0.1, 0.15) is 24.8 Å². The number of carboxylic acids is 1. The Morgan fingerprint density at radius 3 is 3.00 bits per heavy atom. The molecule has 0 saturated heterocycles. The molecule has 3 rings (SSSR count). The molecule has 1 aromatic heterocycles. The molecule has 1 N–H and O–H groups in total. The number of para-hydroxylation sites is 1. The highest BCUT2D eigenvalue weighted by Crippen LogP contribution is 2.33. The number of carbonyl (C=O) groups is 1. The van der Waals surface area contributed by atoms with E-state index >= 15 is 0 Å². The lowest BCUT2D eigenvalue weighted by Gasteiger charge is -2.05. The van der Waals surface area contributed by atoms with Crippen molar-refractivity contribution in [1.29, 1.82) is 0 Å². The van der Waals surface area contributed by atoms with Crippen molar-refractivity contribution >= 4 is 17.0 Å². The van der Waals surface area contributed by atoms with Crippen LogP contribution in [-0.2, 0) is 17.8 Å². The first-order chi connectivity index (χ1) is 8.74. The van der Waals surface area contributed by atoms with Gasteiger partial charge in [-0.2, -0.15) is 0 Å². The molecule has 5 heteroatoms. The first-order valence-electron chi connectivity index (χ1n) is 6.27. The van der Waals surface area contributed by atoms with Gasteiger partial charge in [0.2, 0.25) is 0 Å². The summed E-state index contributed by atoms with van der Waals surface area (Å²) in [6.07, 6.45) is 3.76. The number of hydrogen-bond acceptors (Lipinski definition) is 3. The van der Waals surface area contributed by atoms with E-state index in [4.69, 9.17) is 5.11 Å². The third kappa shape index (κ3) is 2.20. The summed E-state index contributed by atoms with van der Waals surface area (Å²) >= 11 is 0. The minimum Gasteiger partial charge on any atom is -0.481 e. The van der Waals surface area contributed by atoms with E-state index in [1.165, 1.54) is 12.8 Å². The molecule has 0 unspecified atom stereocenters. The van der Waals surface area contributed by atoms with E-state index in [-0.39, 0.29) is 6.42 Å². The van der Waals surface area contributed by atoms with Crippen molar-refractivity contribution < 1.29 is 9.90 Å². The first kappa shape index (κ1) is 11.2. The van der Waals surface area contributed by atoms with Gasteiger partial charge in [-0.05, 0) is 24.0 Å². The van der Waals surface area contributed by atoms with Crippen molar-refractivity contribution in [1.82, 2.24) is 15.0 Å². The van der Waals surface area contributed by atoms with Crippen molar-refractivity contribution in [2.45, 2.75) is 32.2 Å². The van der Waals surface area contributed by atoms with Gasteiger partial charge in [0.05, 0.1) is 11.9 Å². The van der Waals surface area contributed by atoms with Gasteiger partial charge in [0.25, 0.3) is 0 Å². The summed E-state index contributed by atoms with van der Waals surface area (Å²) in [5.74, 6) is 0.00771. The lowest BCUT2D eigenvalue weighted by molar-refractivity contribution is -0.136. The van der Waals surface area contributed by atoms with Crippen LogP contribution >= 0.6 is 0 Å². The van der Waals surface area contributed by atoms with Gasteiger partial charge < -0.3 is 5.11 Å². The molecule has 1 aliphatic carbocycles. The summed E-state index contributed by atoms with van der Waals surface area (Å²) in [4.78, 5) is 10.9. The Kier molecular flexibility index (Phi) is 2.74. The van der Waals surface area contributed by atoms with Crippen LogP contribution in [0.3, 0.4) is 0 Å². The zero-order valence-corrected chi connectivity index (χ0v) is 10.0. The van der Waals surface area contributed by atoms with Crippen molar-refractivity contribution in [3.8, 4) is 0 Å². The van der Waals surface area contributed by atoms with Gasteiger partial charge in [-0.15, -0.1) is 5.10 Å². The highest BCUT2D eigenvalue weighted by Gasteiger charge is 2.21. The summed E-state index contributed by atoms with van der Waals surface area (Å²) < 4.78 is 1.85. The molecule has 0 atom stereocenters. The number of benzene rings is 1. The zero-order valence-electron chi connectivity index (χ0n) is 10.0. The summed E-state index contributed by atoms with van der Waals surface area (Å²) in [5.41, 5.74) is 2.45. The van der Waals surface area contributed by atoms with Crippen molar-refractivity contribution in [2.24, 2.45) is 5.92 Å². The van der Waals surface area contributed by atoms with Gasteiger partial charge in [0.1, 0.15) is 5.52 Å². The van der Waals surface area contributed by atoms with Gasteiger partial charge in [0.15, 0.2) is 0 Å². The molecule has 1 aromatic carbocycles. The monoisotopic (exact) mass is 245 g/mol. The van der Waals surface area contributed by atoms with Crippen molar-refractivity contribution in [3.63, 3.8) is 0 Å². The Morgan fingerprint density at radius 1 is 1.44 bits per heavy atom. The van der Waals surface area contributed by atoms with Crippen LogP contribution in [0.2, 0.25) is 0 Å². The van der Waals surface area contributed by atoms with E-state index in [1.807, 2.05) is 22.9 Å². The summed E-state index contributed by atoms with van der Waals surface area (Å²) in [6, 6.07) is 5.55. The number of fused-ring (bicyclic) bond motifs is 1. The first-order valence-corrected chi connectivity index (χ1v) is 6.27. The second-order valence-corrected chi connectivity index (χ2v) is 4.90. The van der Waals surface area contributed by atoms with Crippen LogP contribution in [-0.4, -0.2) is 26.1 Å². The molecule has 0 spiro atoms. The van der Waals surface area contributed by atoms with Gasteiger partial charge in [-0.3, -0.25) is 4.79 Å². The van der Waals surface area contributed by atoms with E-state index in [0.717, 1.165) is 35.5 Å². The smallest absolute Gasteiger partial charge is 0.307 e. The van der Waals surface area contributed by atoms with E-state index in [0.29, 0.717) is 0 Å². The number of aryl methyl sites for hydroxylation is 1. The van der Waals surface area contributed by atoms with Crippen molar-refractivity contribution in [3.05, 3.63) is 23.8 Å².